The van der Waals surface area contributed by atoms with Crippen LogP contribution in [0.15, 0.2) is 16.7 Å². The van der Waals surface area contributed by atoms with Crippen LogP contribution in [0.1, 0.15) is 0 Å². The van der Waals surface area contributed by atoms with E-state index in [9.17, 15) is 0 Å². The Morgan fingerprint density at radius 1 is 1.69 bits per heavy atom. The van der Waals surface area contributed by atoms with Crippen LogP contribution in [-0.2, 0) is 9.78 Å². The molecule has 6 nitrogen and oxygen atoms in total. The highest BCUT2D eigenvalue weighted by Crippen LogP contribution is 2.14. The van der Waals surface area contributed by atoms with Gasteiger partial charge in [0, 0.05) is 0 Å². The van der Waals surface area contributed by atoms with E-state index in [1.54, 1.807) is 16.2 Å². The topological polar surface area (TPSA) is 61.0 Å². The average molecular weight is 198 g/mol. The summed E-state index contributed by atoms with van der Waals surface area (Å²) in [6.45, 7) is 0. The van der Waals surface area contributed by atoms with Crippen LogP contribution in [0.5, 0.6) is 0 Å². The number of aromatic nitrogens is 3. The third-order valence-electron chi connectivity index (χ3n) is 1.30. The van der Waals surface area contributed by atoms with Crippen LogP contribution in [0, 0.1) is 0 Å². The molecule has 0 aromatic carbocycles. The lowest BCUT2D eigenvalue weighted by Crippen LogP contribution is -1.82. The Balaban J connectivity index is 2.20. The van der Waals surface area contributed by atoms with E-state index in [4.69, 9.17) is 0 Å². The molecule has 7 heteroatoms. The Morgan fingerprint density at radius 2 is 2.62 bits per heavy atom. The van der Waals surface area contributed by atoms with Crippen LogP contribution < -0.4 is 0 Å². The fourth-order valence-corrected chi connectivity index (χ4v) is 1.41. The second-order valence-corrected chi connectivity index (χ2v) is 2.87. The van der Waals surface area contributed by atoms with Gasteiger partial charge in [0.25, 0.3) is 0 Å². The summed E-state index contributed by atoms with van der Waals surface area (Å²) >= 11 is 1.44. The van der Waals surface area contributed by atoms with Crippen molar-refractivity contribution < 1.29 is 9.78 Å². The quantitative estimate of drug-likeness (QED) is 0.320. The van der Waals surface area contributed by atoms with Crippen molar-refractivity contribution in [3.8, 4) is 0 Å². The zero-order valence-corrected chi connectivity index (χ0v) is 7.56. The maximum atomic E-state index is 4.45. The van der Waals surface area contributed by atoms with Crippen LogP contribution in [-0.4, -0.2) is 28.1 Å². The van der Waals surface area contributed by atoms with E-state index in [2.05, 4.69) is 24.9 Å². The molecule has 0 radical (unpaired) electrons. The minimum absolute atomic E-state index is 0.538. The zero-order chi connectivity index (χ0) is 9.10. The Morgan fingerprint density at radius 3 is 3.38 bits per heavy atom. The van der Waals surface area contributed by atoms with Crippen molar-refractivity contribution in [1.29, 1.82) is 0 Å². The SMILES string of the molecule is COO/C=N/c1cn2ncsc2n1. The molecule has 2 aromatic rings. The van der Waals surface area contributed by atoms with Gasteiger partial charge in [-0.05, 0) is 0 Å². The molecule has 2 heterocycles. The molecule has 0 N–H and O–H groups in total. The number of nitrogens with zero attached hydrogens (tertiary/aromatic N) is 4. The van der Waals surface area contributed by atoms with E-state index in [1.807, 2.05) is 0 Å². The lowest BCUT2D eigenvalue weighted by Gasteiger charge is -1.87. The minimum Gasteiger partial charge on any atom is -0.325 e. The molecular weight excluding hydrogens is 192 g/mol. The third kappa shape index (κ3) is 1.65. The van der Waals surface area contributed by atoms with Crippen molar-refractivity contribution in [1.82, 2.24) is 14.6 Å². The van der Waals surface area contributed by atoms with Crippen molar-refractivity contribution in [3.05, 3.63) is 11.7 Å². The largest absolute Gasteiger partial charge is 0.325 e. The van der Waals surface area contributed by atoms with Gasteiger partial charge in [-0.15, -0.1) is 0 Å². The predicted octanol–water partition coefficient (Wildman–Crippen LogP) is 1.03. The Kier molecular flexibility index (Phi) is 2.19. The summed E-state index contributed by atoms with van der Waals surface area (Å²) in [5, 5.41) is 3.99. The molecule has 0 saturated heterocycles. The molecular formula is C6H6N4O2S. The fourth-order valence-electron chi connectivity index (χ4n) is 0.808. The van der Waals surface area contributed by atoms with Gasteiger partial charge in [-0.1, -0.05) is 11.3 Å². The molecule has 0 saturated carbocycles. The molecule has 0 aliphatic rings. The van der Waals surface area contributed by atoms with E-state index < -0.39 is 0 Å². The predicted molar refractivity (Wildman–Crippen MR) is 47.1 cm³/mol. The zero-order valence-electron chi connectivity index (χ0n) is 6.75. The Labute approximate surface area is 77.4 Å². The highest BCUT2D eigenvalue weighted by molar-refractivity contribution is 7.14. The van der Waals surface area contributed by atoms with E-state index in [-0.39, 0.29) is 0 Å². The first kappa shape index (κ1) is 8.14. The second-order valence-electron chi connectivity index (χ2n) is 2.06. The molecule has 0 bridgehead atoms. The standard InChI is InChI=1S/C6H6N4O2S/c1-11-12-3-7-5-2-10-6(9-5)13-4-8-10/h2-4H,1H3/b7-3+. The number of hydrogen-bond donors (Lipinski definition) is 0. The smallest absolute Gasteiger partial charge is 0.221 e. The summed E-state index contributed by atoms with van der Waals surface area (Å²) in [5.74, 6) is 0.538. The van der Waals surface area contributed by atoms with E-state index >= 15 is 0 Å². The molecule has 0 atom stereocenters. The highest BCUT2D eigenvalue weighted by Gasteiger charge is 2.00. The van der Waals surface area contributed by atoms with Crippen molar-refractivity contribution >= 4 is 28.5 Å². The summed E-state index contributed by atoms with van der Waals surface area (Å²) in [6, 6.07) is 0. The maximum Gasteiger partial charge on any atom is 0.221 e. The second kappa shape index (κ2) is 3.50. The van der Waals surface area contributed by atoms with Gasteiger partial charge < -0.3 is 4.89 Å². The molecule has 2 rings (SSSR count). The third-order valence-corrected chi connectivity index (χ3v) is 1.99. The molecule has 0 amide bonds. The van der Waals surface area contributed by atoms with E-state index in [0.717, 1.165) is 4.96 Å². The summed E-state index contributed by atoms with van der Waals surface area (Å²) in [5.41, 5.74) is 1.71. The number of rotatable bonds is 3. The van der Waals surface area contributed by atoms with Crippen molar-refractivity contribution in [2.75, 3.05) is 7.11 Å². The van der Waals surface area contributed by atoms with Crippen LogP contribution in [0.4, 0.5) is 5.82 Å². The van der Waals surface area contributed by atoms with E-state index in [0.29, 0.717) is 5.82 Å². The molecule has 0 aliphatic heterocycles. The molecule has 0 fully saturated rings. The van der Waals surface area contributed by atoms with Gasteiger partial charge in [0.15, 0.2) is 5.82 Å². The van der Waals surface area contributed by atoms with Gasteiger partial charge in [0.1, 0.15) is 5.51 Å². The first-order valence-electron chi connectivity index (χ1n) is 3.41. The summed E-state index contributed by atoms with van der Waals surface area (Å²) < 4.78 is 1.64. The monoisotopic (exact) mass is 198 g/mol. The molecule has 0 spiro atoms. The van der Waals surface area contributed by atoms with Gasteiger partial charge >= 0.3 is 0 Å². The van der Waals surface area contributed by atoms with E-state index in [1.165, 1.54) is 24.8 Å². The molecule has 13 heavy (non-hydrogen) atoms. The van der Waals surface area contributed by atoms with Crippen molar-refractivity contribution in [2.45, 2.75) is 0 Å². The lowest BCUT2D eigenvalue weighted by atomic mass is 10.8. The minimum atomic E-state index is 0.538. The Hall–Kier alpha value is -1.47. The van der Waals surface area contributed by atoms with Crippen LogP contribution in [0.3, 0.4) is 0 Å². The van der Waals surface area contributed by atoms with Gasteiger partial charge in [-0.3, -0.25) is 0 Å². The van der Waals surface area contributed by atoms with Crippen LogP contribution in [0.25, 0.3) is 4.96 Å². The summed E-state index contributed by atoms with van der Waals surface area (Å²) in [4.78, 5) is 17.6. The van der Waals surface area contributed by atoms with Crippen molar-refractivity contribution in [3.63, 3.8) is 0 Å². The number of aliphatic imine (C=N–C) groups is 1. The highest BCUT2D eigenvalue weighted by atomic mass is 32.1. The Bertz CT molecular complexity index is 392. The molecule has 68 valence electrons. The average Bonchev–Trinajstić information content (AvgIpc) is 2.64. The lowest BCUT2D eigenvalue weighted by molar-refractivity contribution is -0.187. The number of hydrogen-bond acceptors (Lipinski definition) is 6. The van der Waals surface area contributed by atoms with Crippen LogP contribution >= 0.6 is 11.3 Å². The maximum absolute atomic E-state index is 4.45. The molecule has 0 aliphatic carbocycles. The summed E-state index contributed by atoms with van der Waals surface area (Å²) in [6.07, 6.45) is 2.87. The normalized spacial score (nSPS) is 11.5. The van der Waals surface area contributed by atoms with Gasteiger partial charge in [-0.2, -0.15) is 20.0 Å². The van der Waals surface area contributed by atoms with Crippen LogP contribution in [0.2, 0.25) is 0 Å². The van der Waals surface area contributed by atoms with Crippen molar-refractivity contribution in [2.24, 2.45) is 4.99 Å². The molecule has 2 aromatic heterocycles. The van der Waals surface area contributed by atoms with Gasteiger partial charge in [-0.25, -0.2) is 4.52 Å². The fraction of sp³-hybridized carbons (Fsp3) is 0.167. The first-order valence-corrected chi connectivity index (χ1v) is 4.29. The number of fused-ring (bicyclic) bond motifs is 1. The first-order chi connectivity index (χ1) is 6.40. The number of imidazole rings is 1. The molecule has 0 unspecified atom stereocenters. The van der Waals surface area contributed by atoms with Gasteiger partial charge in [0.05, 0.1) is 13.3 Å². The summed E-state index contributed by atoms with van der Waals surface area (Å²) in [7, 11) is 1.40. The van der Waals surface area contributed by atoms with Gasteiger partial charge in [0.2, 0.25) is 11.4 Å².